The van der Waals surface area contributed by atoms with E-state index >= 15 is 0 Å². The van der Waals surface area contributed by atoms with Crippen molar-refractivity contribution >= 4 is 11.8 Å². The van der Waals surface area contributed by atoms with Crippen LogP contribution in [-0.2, 0) is 9.59 Å². The number of likely N-dealkylation sites (tertiary alicyclic amines) is 1. The summed E-state index contributed by atoms with van der Waals surface area (Å²) in [4.78, 5) is 25.5. The summed E-state index contributed by atoms with van der Waals surface area (Å²) in [5, 5.41) is 3.10. The van der Waals surface area contributed by atoms with E-state index in [2.05, 4.69) is 19.2 Å². The molecule has 19 heavy (non-hydrogen) atoms. The van der Waals surface area contributed by atoms with Crippen LogP contribution in [-0.4, -0.2) is 35.8 Å². The molecule has 4 heteroatoms. The molecule has 1 fully saturated rings. The lowest BCUT2D eigenvalue weighted by atomic mass is 9.85. The summed E-state index contributed by atoms with van der Waals surface area (Å²) in [7, 11) is 0. The molecule has 1 N–H and O–H groups in total. The zero-order chi connectivity index (χ0) is 14.8. The van der Waals surface area contributed by atoms with Gasteiger partial charge in [-0.25, -0.2) is 0 Å². The third kappa shape index (κ3) is 4.51. The van der Waals surface area contributed by atoms with E-state index in [9.17, 15) is 9.59 Å². The number of rotatable bonds is 2. The predicted octanol–water partition coefficient (Wildman–Crippen LogP) is 2.04. The summed E-state index contributed by atoms with van der Waals surface area (Å²) in [5.41, 5.74) is -0.383. The minimum atomic E-state index is -0.383. The number of nitrogens with zero attached hydrogens (tertiary/aromatic N) is 1. The van der Waals surface area contributed by atoms with Gasteiger partial charge in [-0.15, -0.1) is 0 Å². The molecule has 110 valence electrons. The Labute approximate surface area is 116 Å². The van der Waals surface area contributed by atoms with E-state index < -0.39 is 0 Å². The van der Waals surface area contributed by atoms with Crippen LogP contribution in [0.4, 0.5) is 0 Å². The van der Waals surface area contributed by atoms with Crippen molar-refractivity contribution < 1.29 is 9.59 Å². The molecule has 2 atom stereocenters. The normalized spacial score (nSPS) is 24.5. The molecule has 1 saturated heterocycles. The topological polar surface area (TPSA) is 49.4 Å². The molecule has 0 spiro atoms. The van der Waals surface area contributed by atoms with E-state index in [-0.39, 0.29) is 23.3 Å². The first kappa shape index (κ1) is 16.0. The van der Waals surface area contributed by atoms with Crippen molar-refractivity contribution in [3.8, 4) is 0 Å². The molecule has 0 aromatic rings. The average Bonchev–Trinajstić information content (AvgIpc) is 2.27. The molecule has 2 amide bonds. The van der Waals surface area contributed by atoms with E-state index in [1.165, 1.54) is 0 Å². The highest BCUT2D eigenvalue weighted by Gasteiger charge is 2.32. The molecular weight excluding hydrogens is 240 g/mol. The maximum Gasteiger partial charge on any atom is 0.225 e. The van der Waals surface area contributed by atoms with Gasteiger partial charge in [-0.1, -0.05) is 34.6 Å². The first-order valence-electron chi connectivity index (χ1n) is 7.17. The fraction of sp³-hybridized carbons (Fsp3) is 0.867. The fourth-order valence-corrected chi connectivity index (χ4v) is 2.38. The van der Waals surface area contributed by atoms with Gasteiger partial charge in [0.1, 0.15) is 0 Å². The first-order chi connectivity index (χ1) is 8.61. The summed E-state index contributed by atoms with van der Waals surface area (Å²) in [6.45, 7) is 13.1. The van der Waals surface area contributed by atoms with Gasteiger partial charge in [-0.2, -0.15) is 0 Å². The van der Waals surface area contributed by atoms with Gasteiger partial charge in [0.2, 0.25) is 11.8 Å². The lowest BCUT2D eigenvalue weighted by Gasteiger charge is -2.40. The standard InChI is InChI=1S/C15H28N2O2/c1-10(2)12-7-13(9-17(8-12)11(3)18)16-14(19)15(4,5)6/h10,12-13H,7-9H2,1-6H3,(H,16,19). The maximum atomic E-state index is 12.1. The second-order valence-electron chi connectivity index (χ2n) is 7.08. The van der Waals surface area contributed by atoms with Crippen molar-refractivity contribution in [2.75, 3.05) is 13.1 Å². The second-order valence-corrected chi connectivity index (χ2v) is 7.08. The number of nitrogens with one attached hydrogen (secondary N) is 1. The lowest BCUT2D eigenvalue weighted by Crippen LogP contribution is -2.54. The lowest BCUT2D eigenvalue weighted by molar-refractivity contribution is -0.134. The fourth-order valence-electron chi connectivity index (χ4n) is 2.38. The van der Waals surface area contributed by atoms with Crippen molar-refractivity contribution in [2.24, 2.45) is 17.3 Å². The molecule has 0 saturated carbocycles. The van der Waals surface area contributed by atoms with Crippen LogP contribution in [0.3, 0.4) is 0 Å². The zero-order valence-corrected chi connectivity index (χ0v) is 13.1. The van der Waals surface area contributed by atoms with Gasteiger partial charge in [-0.3, -0.25) is 9.59 Å². The van der Waals surface area contributed by atoms with E-state index in [0.717, 1.165) is 13.0 Å². The Morgan fingerprint density at radius 3 is 2.21 bits per heavy atom. The molecule has 2 unspecified atom stereocenters. The Balaban J connectivity index is 2.72. The van der Waals surface area contributed by atoms with Crippen molar-refractivity contribution in [3.63, 3.8) is 0 Å². The minimum absolute atomic E-state index is 0.0606. The number of piperidine rings is 1. The molecule has 4 nitrogen and oxygen atoms in total. The van der Waals surface area contributed by atoms with Crippen LogP contribution in [0.25, 0.3) is 0 Å². The number of carbonyl (C=O) groups excluding carboxylic acids is 2. The third-order valence-electron chi connectivity index (χ3n) is 3.89. The summed E-state index contributed by atoms with van der Waals surface area (Å²) < 4.78 is 0. The van der Waals surface area contributed by atoms with E-state index in [0.29, 0.717) is 18.4 Å². The Morgan fingerprint density at radius 1 is 1.21 bits per heavy atom. The van der Waals surface area contributed by atoms with Gasteiger partial charge >= 0.3 is 0 Å². The molecule has 0 bridgehead atoms. The molecule has 1 rings (SSSR count). The van der Waals surface area contributed by atoms with Crippen LogP contribution in [0.5, 0.6) is 0 Å². The minimum Gasteiger partial charge on any atom is -0.351 e. The van der Waals surface area contributed by atoms with Crippen molar-refractivity contribution in [1.82, 2.24) is 10.2 Å². The van der Waals surface area contributed by atoms with Gasteiger partial charge in [0.15, 0.2) is 0 Å². The monoisotopic (exact) mass is 268 g/mol. The summed E-state index contributed by atoms with van der Waals surface area (Å²) in [5.74, 6) is 1.14. The van der Waals surface area contributed by atoms with Crippen LogP contribution in [0.1, 0.15) is 48.0 Å². The van der Waals surface area contributed by atoms with Gasteiger partial charge in [0.25, 0.3) is 0 Å². The highest BCUT2D eigenvalue weighted by molar-refractivity contribution is 5.81. The molecule has 0 aliphatic carbocycles. The Morgan fingerprint density at radius 2 is 1.79 bits per heavy atom. The maximum absolute atomic E-state index is 12.1. The summed E-state index contributed by atoms with van der Waals surface area (Å²) in [6, 6.07) is 0.0803. The number of amides is 2. The summed E-state index contributed by atoms with van der Waals surface area (Å²) in [6.07, 6.45) is 0.962. The largest absolute Gasteiger partial charge is 0.351 e. The molecule has 1 heterocycles. The van der Waals surface area contributed by atoms with Crippen LogP contribution in [0.2, 0.25) is 0 Å². The number of carbonyl (C=O) groups is 2. The smallest absolute Gasteiger partial charge is 0.225 e. The third-order valence-corrected chi connectivity index (χ3v) is 3.89. The summed E-state index contributed by atoms with van der Waals surface area (Å²) >= 11 is 0. The van der Waals surface area contributed by atoms with Crippen molar-refractivity contribution in [3.05, 3.63) is 0 Å². The zero-order valence-electron chi connectivity index (χ0n) is 13.1. The Bertz CT molecular complexity index is 345. The molecular formula is C15H28N2O2. The van der Waals surface area contributed by atoms with E-state index in [1.54, 1.807) is 6.92 Å². The van der Waals surface area contributed by atoms with E-state index in [4.69, 9.17) is 0 Å². The second kappa shape index (κ2) is 5.93. The van der Waals surface area contributed by atoms with Crippen LogP contribution in [0.15, 0.2) is 0 Å². The first-order valence-corrected chi connectivity index (χ1v) is 7.17. The van der Waals surface area contributed by atoms with Gasteiger partial charge < -0.3 is 10.2 Å². The van der Waals surface area contributed by atoms with Crippen molar-refractivity contribution in [1.29, 1.82) is 0 Å². The predicted molar refractivity (Wildman–Crippen MR) is 76.6 cm³/mol. The van der Waals surface area contributed by atoms with Crippen molar-refractivity contribution in [2.45, 2.75) is 54.0 Å². The Hall–Kier alpha value is -1.06. The van der Waals surface area contributed by atoms with Gasteiger partial charge in [0, 0.05) is 31.5 Å². The molecule has 0 aromatic carbocycles. The Kier molecular flexibility index (Phi) is 4.99. The average molecular weight is 268 g/mol. The molecule has 0 radical (unpaired) electrons. The molecule has 1 aliphatic heterocycles. The highest BCUT2D eigenvalue weighted by Crippen LogP contribution is 2.25. The quantitative estimate of drug-likeness (QED) is 0.833. The van der Waals surface area contributed by atoms with Gasteiger partial charge in [-0.05, 0) is 18.3 Å². The highest BCUT2D eigenvalue weighted by atomic mass is 16.2. The SMILES string of the molecule is CC(=O)N1CC(NC(=O)C(C)(C)C)CC(C(C)C)C1. The number of hydrogen-bond acceptors (Lipinski definition) is 2. The molecule has 0 aromatic heterocycles. The van der Waals surface area contributed by atoms with Crippen LogP contribution < -0.4 is 5.32 Å². The van der Waals surface area contributed by atoms with Gasteiger partial charge in [0.05, 0.1) is 0 Å². The number of hydrogen-bond donors (Lipinski definition) is 1. The van der Waals surface area contributed by atoms with E-state index in [1.807, 2.05) is 25.7 Å². The van der Waals surface area contributed by atoms with Crippen LogP contribution >= 0.6 is 0 Å². The molecule has 1 aliphatic rings. The van der Waals surface area contributed by atoms with Crippen LogP contribution in [0, 0.1) is 17.3 Å².